The van der Waals surface area contributed by atoms with E-state index >= 15 is 0 Å². The molecule has 0 radical (unpaired) electrons. The minimum absolute atomic E-state index is 0.0903. The summed E-state index contributed by atoms with van der Waals surface area (Å²) in [6.07, 6.45) is 1.45. The van der Waals surface area contributed by atoms with Crippen molar-refractivity contribution in [1.82, 2.24) is 9.47 Å². The standard InChI is InChI=1S/C15H16N3O4/c1-18(2,3)11-7-8-14(13(10-11)17(20)21)22-15(19)12-6-4-5-9-16-12/h4-10H,1-3H3/q+1. The third kappa shape index (κ3) is 3.44. The number of hydrogen-bond donors (Lipinski definition) is 0. The average molecular weight is 302 g/mol. The smallest absolute Gasteiger partial charge is 0.362 e. The van der Waals surface area contributed by atoms with Crippen LogP contribution in [0.2, 0.25) is 0 Å². The quantitative estimate of drug-likeness (QED) is 0.285. The van der Waals surface area contributed by atoms with Gasteiger partial charge < -0.3 is 4.74 Å². The van der Waals surface area contributed by atoms with E-state index in [0.717, 1.165) is 5.69 Å². The summed E-state index contributed by atoms with van der Waals surface area (Å²) in [6.45, 7) is 0. The van der Waals surface area contributed by atoms with Gasteiger partial charge in [-0.2, -0.15) is 0 Å². The Morgan fingerprint density at radius 3 is 2.50 bits per heavy atom. The number of pyridine rings is 1. The van der Waals surface area contributed by atoms with Crippen molar-refractivity contribution in [2.45, 2.75) is 0 Å². The summed E-state index contributed by atoms with van der Waals surface area (Å²) >= 11 is 0. The number of ether oxygens (including phenoxy) is 1. The molecule has 22 heavy (non-hydrogen) atoms. The van der Waals surface area contributed by atoms with Crippen molar-refractivity contribution in [2.75, 3.05) is 21.1 Å². The maximum Gasteiger partial charge on any atom is 0.362 e. The molecule has 0 N–H and O–H groups in total. The highest BCUT2D eigenvalue weighted by Gasteiger charge is 2.24. The lowest BCUT2D eigenvalue weighted by Gasteiger charge is -2.23. The summed E-state index contributed by atoms with van der Waals surface area (Å²) in [5.74, 6) is -0.834. The minimum Gasteiger partial charge on any atom is -0.414 e. The summed E-state index contributed by atoms with van der Waals surface area (Å²) in [5.41, 5.74) is 0.562. The number of rotatable bonds is 4. The highest BCUT2D eigenvalue weighted by molar-refractivity contribution is 5.89. The largest absolute Gasteiger partial charge is 0.414 e. The second-order valence-corrected chi connectivity index (χ2v) is 5.53. The Balaban J connectivity index is 2.35. The molecule has 0 aliphatic rings. The number of esters is 1. The van der Waals surface area contributed by atoms with Crippen LogP contribution in [0.3, 0.4) is 0 Å². The molecule has 0 unspecified atom stereocenters. The van der Waals surface area contributed by atoms with Crippen LogP contribution in [-0.2, 0) is 0 Å². The van der Waals surface area contributed by atoms with Crippen molar-refractivity contribution in [3.05, 3.63) is 58.4 Å². The fourth-order valence-electron chi connectivity index (χ4n) is 1.79. The van der Waals surface area contributed by atoms with Crippen LogP contribution in [0.5, 0.6) is 5.75 Å². The topological polar surface area (TPSA) is 82.3 Å². The number of hydrogen-bond acceptors (Lipinski definition) is 5. The van der Waals surface area contributed by atoms with E-state index in [1.54, 1.807) is 18.2 Å². The van der Waals surface area contributed by atoms with Gasteiger partial charge in [-0.3, -0.25) is 14.6 Å². The number of aromatic nitrogens is 1. The number of quaternary nitrogens is 1. The van der Waals surface area contributed by atoms with Crippen molar-refractivity contribution < 1.29 is 14.5 Å². The maximum absolute atomic E-state index is 12.0. The van der Waals surface area contributed by atoms with Gasteiger partial charge in [0.05, 0.1) is 32.1 Å². The fraction of sp³-hybridized carbons (Fsp3) is 0.200. The molecule has 1 aromatic heterocycles. The highest BCUT2D eigenvalue weighted by atomic mass is 16.6. The first-order valence-electron chi connectivity index (χ1n) is 6.52. The van der Waals surface area contributed by atoms with Gasteiger partial charge in [-0.25, -0.2) is 9.78 Å². The number of nitrogens with zero attached hydrogens (tertiary/aromatic N) is 3. The number of carbonyl (C=O) groups is 1. The fourth-order valence-corrected chi connectivity index (χ4v) is 1.79. The lowest BCUT2D eigenvalue weighted by atomic mass is 10.2. The zero-order valence-corrected chi connectivity index (χ0v) is 12.5. The van der Waals surface area contributed by atoms with Gasteiger partial charge in [0.1, 0.15) is 11.4 Å². The zero-order chi connectivity index (χ0) is 16.3. The normalized spacial score (nSPS) is 11.0. The summed E-state index contributed by atoms with van der Waals surface area (Å²) in [7, 11) is 5.66. The molecule has 0 bridgehead atoms. The van der Waals surface area contributed by atoms with Crippen LogP contribution in [0.1, 0.15) is 10.5 Å². The monoisotopic (exact) mass is 302 g/mol. The van der Waals surface area contributed by atoms with Crippen LogP contribution in [0.25, 0.3) is 0 Å². The summed E-state index contributed by atoms with van der Waals surface area (Å²) in [5, 5.41) is 11.2. The zero-order valence-electron chi connectivity index (χ0n) is 12.5. The molecule has 7 heteroatoms. The van der Waals surface area contributed by atoms with Gasteiger partial charge in [0.25, 0.3) is 0 Å². The van der Waals surface area contributed by atoms with Crippen LogP contribution in [0.4, 0.5) is 11.4 Å². The predicted molar refractivity (Wildman–Crippen MR) is 81.9 cm³/mol. The summed E-state index contributed by atoms with van der Waals surface area (Å²) in [4.78, 5) is 26.5. The van der Waals surface area contributed by atoms with Crippen molar-refractivity contribution in [3.8, 4) is 5.75 Å². The highest BCUT2D eigenvalue weighted by Crippen LogP contribution is 2.32. The second kappa shape index (κ2) is 5.90. The molecule has 0 saturated carbocycles. The summed E-state index contributed by atoms with van der Waals surface area (Å²) < 4.78 is 5.52. The van der Waals surface area contributed by atoms with Gasteiger partial charge in [0.2, 0.25) is 5.75 Å². The van der Waals surface area contributed by atoms with E-state index in [9.17, 15) is 14.9 Å². The van der Waals surface area contributed by atoms with Crippen LogP contribution < -0.4 is 9.22 Å². The molecule has 0 aliphatic carbocycles. The number of nitro groups is 1. The Hall–Kier alpha value is -2.80. The van der Waals surface area contributed by atoms with Gasteiger partial charge in [0.15, 0.2) is 0 Å². The van der Waals surface area contributed by atoms with Gasteiger partial charge >= 0.3 is 11.7 Å². The number of benzene rings is 1. The van der Waals surface area contributed by atoms with E-state index in [0.29, 0.717) is 4.48 Å². The molecular weight excluding hydrogens is 286 g/mol. The van der Waals surface area contributed by atoms with Crippen LogP contribution in [-0.4, -0.2) is 37.0 Å². The van der Waals surface area contributed by atoms with E-state index in [1.807, 2.05) is 21.1 Å². The number of nitro benzene ring substituents is 1. The number of carbonyl (C=O) groups excluding carboxylic acids is 1. The van der Waals surface area contributed by atoms with Crippen LogP contribution in [0.15, 0.2) is 42.6 Å². The van der Waals surface area contributed by atoms with Crippen LogP contribution >= 0.6 is 0 Å². The van der Waals surface area contributed by atoms with Gasteiger partial charge in [0, 0.05) is 12.3 Å². The Morgan fingerprint density at radius 2 is 1.95 bits per heavy atom. The Morgan fingerprint density at radius 1 is 1.23 bits per heavy atom. The molecule has 0 saturated heterocycles. The van der Waals surface area contributed by atoms with Crippen molar-refractivity contribution in [1.29, 1.82) is 0 Å². The molecular formula is C15H16N3O4+. The molecule has 0 spiro atoms. The molecule has 114 valence electrons. The van der Waals surface area contributed by atoms with Gasteiger partial charge in [-0.05, 0) is 18.2 Å². The van der Waals surface area contributed by atoms with Gasteiger partial charge in [-0.15, -0.1) is 0 Å². The first-order chi connectivity index (χ1) is 10.3. The van der Waals surface area contributed by atoms with E-state index in [1.165, 1.54) is 24.4 Å². The maximum atomic E-state index is 12.0. The summed E-state index contributed by atoms with van der Waals surface area (Å²) in [6, 6.07) is 9.30. The SMILES string of the molecule is C[N+](C)(C)c1ccc(OC(=O)c2ccccn2)c([N+](=O)[O-])c1. The lowest BCUT2D eigenvalue weighted by molar-refractivity contribution is -0.385. The molecule has 1 aromatic carbocycles. The molecule has 7 nitrogen and oxygen atoms in total. The Bertz CT molecular complexity index is 708. The Kier molecular flexibility index (Phi) is 4.18. The predicted octanol–water partition coefficient (Wildman–Crippen LogP) is 2.41. The van der Waals surface area contributed by atoms with Gasteiger partial charge in [-0.1, -0.05) is 6.07 Å². The van der Waals surface area contributed by atoms with E-state index < -0.39 is 10.9 Å². The molecule has 1 heterocycles. The van der Waals surface area contributed by atoms with Crippen molar-refractivity contribution in [3.63, 3.8) is 0 Å². The first-order valence-corrected chi connectivity index (χ1v) is 6.52. The minimum atomic E-state index is -0.735. The third-order valence-corrected chi connectivity index (χ3v) is 2.99. The van der Waals surface area contributed by atoms with E-state index in [-0.39, 0.29) is 17.1 Å². The third-order valence-electron chi connectivity index (χ3n) is 2.99. The molecule has 0 amide bonds. The molecule has 0 fully saturated rings. The van der Waals surface area contributed by atoms with Crippen molar-refractivity contribution >= 4 is 17.3 Å². The molecule has 2 aromatic rings. The van der Waals surface area contributed by atoms with Crippen molar-refractivity contribution in [2.24, 2.45) is 0 Å². The molecule has 0 atom stereocenters. The first kappa shape index (κ1) is 15.6. The second-order valence-electron chi connectivity index (χ2n) is 5.53. The van der Waals surface area contributed by atoms with E-state index in [2.05, 4.69) is 4.98 Å². The molecule has 0 aliphatic heterocycles. The molecule has 2 rings (SSSR count). The average Bonchev–Trinajstić information content (AvgIpc) is 2.47. The van der Waals surface area contributed by atoms with Crippen LogP contribution in [0, 0.1) is 10.1 Å². The van der Waals surface area contributed by atoms with E-state index in [4.69, 9.17) is 4.74 Å². The Labute approximate surface area is 127 Å². The lowest BCUT2D eigenvalue weighted by Crippen LogP contribution is -2.34.